The van der Waals surface area contributed by atoms with Gasteiger partial charge in [-0.15, -0.1) is 11.3 Å². The van der Waals surface area contributed by atoms with E-state index in [1.807, 2.05) is 42.6 Å². The lowest BCUT2D eigenvalue weighted by Gasteiger charge is -2.13. The summed E-state index contributed by atoms with van der Waals surface area (Å²) in [6.07, 6.45) is 0. The monoisotopic (exact) mass is 391 g/mol. The number of amides is 1. The first-order valence-electron chi connectivity index (χ1n) is 8.77. The van der Waals surface area contributed by atoms with Crippen molar-refractivity contribution in [3.8, 4) is 17.0 Å². The Bertz CT molecular complexity index is 1230. The first-order valence-corrected chi connectivity index (χ1v) is 9.65. The molecule has 0 aliphatic carbocycles. The number of fused-ring (bicyclic) bond motifs is 1. The molecule has 1 amide bonds. The molecule has 0 aliphatic rings. The quantitative estimate of drug-likeness (QED) is 0.548. The number of aromatic hydroxyl groups is 1. The van der Waals surface area contributed by atoms with Gasteiger partial charge in [0, 0.05) is 22.9 Å². The number of carbonyl (C=O) groups is 1. The molecule has 0 saturated carbocycles. The first-order chi connectivity index (χ1) is 13.6. The van der Waals surface area contributed by atoms with Crippen LogP contribution in [0.1, 0.15) is 17.3 Å². The van der Waals surface area contributed by atoms with E-state index in [0.29, 0.717) is 22.6 Å². The predicted molar refractivity (Wildman–Crippen MR) is 111 cm³/mol. The SMILES string of the molecule is CCn1c(=O)c(C(=O)Nc2nc(-c3ccccc3)cs2)c(O)c2ccccc21. The van der Waals surface area contributed by atoms with Crippen LogP contribution in [0.5, 0.6) is 5.75 Å². The summed E-state index contributed by atoms with van der Waals surface area (Å²) in [5, 5.41) is 15.9. The molecule has 0 radical (unpaired) electrons. The Labute approximate surface area is 164 Å². The third kappa shape index (κ3) is 3.05. The minimum atomic E-state index is -0.676. The van der Waals surface area contributed by atoms with E-state index in [1.54, 1.807) is 24.3 Å². The molecular weight excluding hydrogens is 374 g/mol. The third-order valence-corrected chi connectivity index (χ3v) is 5.24. The number of aryl methyl sites for hydroxylation is 1. The molecule has 0 saturated heterocycles. The number of hydrogen-bond donors (Lipinski definition) is 2. The molecular formula is C21H17N3O3S. The van der Waals surface area contributed by atoms with Crippen molar-refractivity contribution in [1.29, 1.82) is 0 Å². The van der Waals surface area contributed by atoms with Gasteiger partial charge in [0.2, 0.25) is 0 Å². The molecule has 140 valence electrons. The van der Waals surface area contributed by atoms with Crippen molar-refractivity contribution in [2.75, 3.05) is 5.32 Å². The van der Waals surface area contributed by atoms with E-state index in [4.69, 9.17) is 0 Å². The summed E-state index contributed by atoms with van der Waals surface area (Å²) >= 11 is 1.26. The van der Waals surface area contributed by atoms with Gasteiger partial charge >= 0.3 is 0 Å². The van der Waals surface area contributed by atoms with Gasteiger partial charge in [0.15, 0.2) is 5.13 Å². The van der Waals surface area contributed by atoms with Gasteiger partial charge < -0.3 is 9.67 Å². The lowest BCUT2D eigenvalue weighted by molar-refractivity contribution is 0.102. The zero-order chi connectivity index (χ0) is 19.7. The predicted octanol–water partition coefficient (Wildman–Crippen LogP) is 4.10. The third-order valence-electron chi connectivity index (χ3n) is 4.48. The van der Waals surface area contributed by atoms with Gasteiger partial charge in [-0.05, 0) is 19.1 Å². The zero-order valence-corrected chi connectivity index (χ0v) is 15.9. The number of benzene rings is 2. The molecule has 4 aromatic rings. The molecule has 0 aliphatic heterocycles. The number of para-hydroxylation sites is 1. The van der Waals surface area contributed by atoms with Crippen LogP contribution < -0.4 is 10.9 Å². The maximum atomic E-state index is 12.8. The summed E-state index contributed by atoms with van der Waals surface area (Å²) < 4.78 is 1.47. The summed E-state index contributed by atoms with van der Waals surface area (Å²) in [5.74, 6) is -0.993. The standard InChI is InChI=1S/C21H17N3O3S/c1-2-24-16-11-7-6-10-14(16)18(25)17(20(24)27)19(26)23-21-22-15(12-28-21)13-8-4-3-5-9-13/h3-12,25H,2H2,1H3,(H,22,23,26). The van der Waals surface area contributed by atoms with Crippen LogP contribution >= 0.6 is 11.3 Å². The van der Waals surface area contributed by atoms with Crippen molar-refractivity contribution in [2.24, 2.45) is 0 Å². The second kappa shape index (κ2) is 7.28. The van der Waals surface area contributed by atoms with Crippen LogP contribution in [0.2, 0.25) is 0 Å². The number of carbonyl (C=O) groups excluding carboxylic acids is 1. The Hall–Kier alpha value is -3.45. The van der Waals surface area contributed by atoms with Crippen molar-refractivity contribution in [3.63, 3.8) is 0 Å². The summed E-state index contributed by atoms with van der Waals surface area (Å²) in [6, 6.07) is 16.6. The molecule has 7 heteroatoms. The van der Waals surface area contributed by atoms with E-state index in [1.165, 1.54) is 15.9 Å². The fourth-order valence-corrected chi connectivity index (χ4v) is 3.86. The molecule has 2 aromatic carbocycles. The molecule has 6 nitrogen and oxygen atoms in total. The van der Waals surface area contributed by atoms with Crippen LogP contribution in [0.3, 0.4) is 0 Å². The van der Waals surface area contributed by atoms with Crippen LogP contribution in [0.15, 0.2) is 64.8 Å². The normalized spacial score (nSPS) is 10.9. The topological polar surface area (TPSA) is 84.2 Å². The summed E-state index contributed by atoms with van der Waals surface area (Å²) in [4.78, 5) is 30.0. The Kier molecular flexibility index (Phi) is 4.67. The zero-order valence-electron chi connectivity index (χ0n) is 15.0. The highest BCUT2D eigenvalue weighted by molar-refractivity contribution is 7.14. The highest BCUT2D eigenvalue weighted by Gasteiger charge is 2.22. The van der Waals surface area contributed by atoms with Crippen LogP contribution in [0.25, 0.3) is 22.2 Å². The highest BCUT2D eigenvalue weighted by atomic mass is 32.1. The average Bonchev–Trinajstić information content (AvgIpc) is 3.17. The number of rotatable bonds is 4. The second-order valence-electron chi connectivity index (χ2n) is 6.15. The van der Waals surface area contributed by atoms with Gasteiger partial charge in [-0.2, -0.15) is 0 Å². The number of hydrogen-bond acceptors (Lipinski definition) is 5. The van der Waals surface area contributed by atoms with Gasteiger partial charge in [0.05, 0.1) is 11.2 Å². The van der Waals surface area contributed by atoms with Gasteiger partial charge in [-0.3, -0.25) is 14.9 Å². The van der Waals surface area contributed by atoms with Crippen molar-refractivity contribution in [2.45, 2.75) is 13.5 Å². The Morgan fingerprint density at radius 2 is 1.86 bits per heavy atom. The molecule has 2 N–H and O–H groups in total. The van der Waals surface area contributed by atoms with Gasteiger partial charge in [0.25, 0.3) is 11.5 Å². The largest absolute Gasteiger partial charge is 0.506 e. The maximum Gasteiger partial charge on any atom is 0.267 e. The van der Waals surface area contributed by atoms with Gasteiger partial charge in [0.1, 0.15) is 11.3 Å². The minimum Gasteiger partial charge on any atom is -0.506 e. The number of aromatic nitrogens is 2. The van der Waals surface area contributed by atoms with Crippen molar-refractivity contribution in [3.05, 3.63) is 75.9 Å². The second-order valence-corrected chi connectivity index (χ2v) is 7.01. The van der Waals surface area contributed by atoms with Crippen molar-refractivity contribution < 1.29 is 9.90 Å². The van der Waals surface area contributed by atoms with Crippen LogP contribution in [0, 0.1) is 0 Å². The van der Waals surface area contributed by atoms with Crippen molar-refractivity contribution in [1.82, 2.24) is 9.55 Å². The molecule has 0 fully saturated rings. The summed E-state index contributed by atoms with van der Waals surface area (Å²) in [6.45, 7) is 2.20. The fraction of sp³-hybridized carbons (Fsp3) is 0.0952. The summed E-state index contributed by atoms with van der Waals surface area (Å²) in [7, 11) is 0. The van der Waals surface area contributed by atoms with Crippen LogP contribution in [0.4, 0.5) is 5.13 Å². The highest BCUT2D eigenvalue weighted by Crippen LogP contribution is 2.28. The molecule has 0 atom stereocenters. The molecule has 28 heavy (non-hydrogen) atoms. The molecule has 2 aromatic heterocycles. The van der Waals surface area contributed by atoms with E-state index in [0.717, 1.165) is 11.3 Å². The average molecular weight is 391 g/mol. The van der Waals surface area contributed by atoms with E-state index >= 15 is 0 Å². The van der Waals surface area contributed by atoms with E-state index in [9.17, 15) is 14.7 Å². The fourth-order valence-electron chi connectivity index (χ4n) is 3.14. The molecule has 0 spiro atoms. The molecule has 0 unspecified atom stereocenters. The van der Waals surface area contributed by atoms with E-state index in [2.05, 4.69) is 10.3 Å². The van der Waals surface area contributed by atoms with Crippen molar-refractivity contribution >= 4 is 33.3 Å². The Balaban J connectivity index is 1.72. The molecule has 4 rings (SSSR count). The molecule has 0 bridgehead atoms. The van der Waals surface area contributed by atoms with E-state index in [-0.39, 0.29) is 11.3 Å². The summed E-state index contributed by atoms with van der Waals surface area (Å²) in [5.41, 5.74) is 1.44. The van der Waals surface area contributed by atoms with Crippen LogP contribution in [-0.4, -0.2) is 20.6 Å². The van der Waals surface area contributed by atoms with Crippen LogP contribution in [-0.2, 0) is 6.54 Å². The number of nitrogens with zero attached hydrogens (tertiary/aromatic N) is 2. The number of pyridine rings is 1. The maximum absolute atomic E-state index is 12.8. The Morgan fingerprint density at radius 3 is 2.61 bits per heavy atom. The lowest BCUT2D eigenvalue weighted by Crippen LogP contribution is -2.29. The molecule has 2 heterocycles. The van der Waals surface area contributed by atoms with Gasteiger partial charge in [-0.1, -0.05) is 42.5 Å². The number of anilines is 1. The lowest BCUT2D eigenvalue weighted by atomic mass is 10.1. The number of thiazole rings is 1. The minimum absolute atomic E-state index is 0.281. The van der Waals surface area contributed by atoms with E-state index < -0.39 is 11.5 Å². The number of nitrogens with one attached hydrogen (secondary N) is 1. The smallest absolute Gasteiger partial charge is 0.267 e. The first kappa shape index (κ1) is 17.9. The van der Waals surface area contributed by atoms with Gasteiger partial charge in [-0.25, -0.2) is 4.98 Å². The Morgan fingerprint density at radius 1 is 1.14 bits per heavy atom.